The van der Waals surface area contributed by atoms with Crippen LogP contribution in [0.5, 0.6) is 0 Å². The van der Waals surface area contributed by atoms with Crippen molar-refractivity contribution in [3.05, 3.63) is 112 Å². The minimum absolute atomic E-state index is 1.15. The van der Waals surface area contributed by atoms with Crippen LogP contribution >= 0.6 is 0 Å². The van der Waals surface area contributed by atoms with Crippen molar-refractivity contribution < 1.29 is 0 Å². The van der Waals surface area contributed by atoms with E-state index < -0.39 is 0 Å². The highest BCUT2D eigenvalue weighted by Crippen LogP contribution is 2.28. The lowest BCUT2D eigenvalue weighted by Crippen LogP contribution is -2.19. The molecule has 0 atom stereocenters. The van der Waals surface area contributed by atoms with Crippen molar-refractivity contribution in [2.45, 2.75) is 0 Å². The number of fused-ring (bicyclic) bond motifs is 1. The zero-order valence-electron chi connectivity index (χ0n) is 12.2. The van der Waals surface area contributed by atoms with Crippen LogP contribution in [-0.2, 0) is 0 Å². The van der Waals surface area contributed by atoms with Gasteiger partial charge in [-0.1, -0.05) is 84.9 Å². The Hall–Kier alpha value is -2.86. The molecule has 3 aromatic rings. The van der Waals surface area contributed by atoms with Crippen molar-refractivity contribution in [2.75, 3.05) is 0 Å². The van der Waals surface area contributed by atoms with Gasteiger partial charge in [0.05, 0.1) is 0 Å². The van der Waals surface area contributed by atoms with Gasteiger partial charge in [0, 0.05) is 0 Å². The molecule has 0 nitrogen and oxygen atoms in total. The summed E-state index contributed by atoms with van der Waals surface area (Å²) in [5, 5.41) is 2.41. The first-order valence-electron chi connectivity index (χ1n) is 7.48. The topological polar surface area (TPSA) is 0 Å². The highest BCUT2D eigenvalue weighted by molar-refractivity contribution is 5.94. The lowest BCUT2D eigenvalue weighted by Gasteiger charge is -2.10. The standard InChI is InChI=1S/C22H15/c1-3-9-17(10-4-1)22(18-11-5-2-6-12-18)21-15-19-13-7-8-14-20(19)16-21/h1-15H. The van der Waals surface area contributed by atoms with E-state index in [0.29, 0.717) is 0 Å². The summed E-state index contributed by atoms with van der Waals surface area (Å²) < 4.78 is 0. The second-order valence-corrected chi connectivity index (χ2v) is 5.38. The second-order valence-electron chi connectivity index (χ2n) is 5.38. The van der Waals surface area contributed by atoms with Crippen LogP contribution in [0.25, 0.3) is 17.7 Å². The van der Waals surface area contributed by atoms with E-state index in [1.54, 1.807) is 0 Å². The van der Waals surface area contributed by atoms with Crippen molar-refractivity contribution in [3.8, 4) is 0 Å². The molecule has 0 saturated heterocycles. The van der Waals surface area contributed by atoms with Crippen molar-refractivity contribution >= 4 is 17.7 Å². The molecule has 0 aliphatic heterocycles. The molecule has 0 bridgehead atoms. The van der Waals surface area contributed by atoms with E-state index in [9.17, 15) is 0 Å². The van der Waals surface area contributed by atoms with Gasteiger partial charge in [0.15, 0.2) is 0 Å². The molecule has 3 aromatic carbocycles. The fourth-order valence-corrected chi connectivity index (χ4v) is 2.90. The van der Waals surface area contributed by atoms with Crippen LogP contribution in [0.3, 0.4) is 0 Å². The Balaban J connectivity index is 2.01. The maximum Gasteiger partial charge on any atom is -0.00137 e. The Morgan fingerprint density at radius 3 is 1.73 bits per heavy atom. The van der Waals surface area contributed by atoms with E-state index in [1.807, 2.05) is 0 Å². The summed E-state index contributed by atoms with van der Waals surface area (Å²) >= 11 is 0. The van der Waals surface area contributed by atoms with Crippen molar-refractivity contribution in [1.29, 1.82) is 0 Å². The van der Waals surface area contributed by atoms with Gasteiger partial charge in [0.25, 0.3) is 0 Å². The molecule has 1 aliphatic rings. The third-order valence-corrected chi connectivity index (χ3v) is 3.92. The molecule has 22 heavy (non-hydrogen) atoms. The third-order valence-electron chi connectivity index (χ3n) is 3.92. The van der Waals surface area contributed by atoms with E-state index in [1.165, 1.54) is 27.1 Å². The van der Waals surface area contributed by atoms with Crippen molar-refractivity contribution in [3.63, 3.8) is 0 Å². The normalized spacial score (nSPS) is 12.3. The molecule has 0 fully saturated rings. The summed E-state index contributed by atoms with van der Waals surface area (Å²) in [5.41, 5.74) is 4.83. The highest BCUT2D eigenvalue weighted by Gasteiger charge is 2.11. The minimum atomic E-state index is 1.15. The Morgan fingerprint density at radius 2 is 1.14 bits per heavy atom. The highest BCUT2D eigenvalue weighted by atomic mass is 14.1. The van der Waals surface area contributed by atoms with Crippen LogP contribution in [0.2, 0.25) is 0 Å². The van der Waals surface area contributed by atoms with Gasteiger partial charge < -0.3 is 0 Å². The first kappa shape index (κ1) is 12.8. The largest absolute Gasteiger partial charge is 0.0622 e. The van der Waals surface area contributed by atoms with E-state index in [-0.39, 0.29) is 0 Å². The lowest BCUT2D eigenvalue weighted by molar-refractivity contribution is 1.54. The monoisotopic (exact) mass is 279 g/mol. The van der Waals surface area contributed by atoms with Crippen LogP contribution < -0.4 is 10.4 Å². The van der Waals surface area contributed by atoms with Gasteiger partial charge in [0.1, 0.15) is 0 Å². The zero-order chi connectivity index (χ0) is 14.8. The fourth-order valence-electron chi connectivity index (χ4n) is 2.90. The fraction of sp³-hybridized carbons (Fsp3) is 0. The maximum atomic E-state index is 3.56. The maximum absolute atomic E-state index is 3.56. The van der Waals surface area contributed by atoms with Gasteiger partial charge in [-0.2, -0.15) is 0 Å². The molecule has 0 heteroatoms. The number of hydrogen-bond acceptors (Lipinski definition) is 0. The summed E-state index contributed by atoms with van der Waals surface area (Å²) in [6.07, 6.45) is 5.78. The summed E-state index contributed by atoms with van der Waals surface area (Å²) in [7, 11) is 0. The molecule has 0 N–H and O–H groups in total. The van der Waals surface area contributed by atoms with Gasteiger partial charge in [-0.15, -0.1) is 0 Å². The molecular formula is C22H15. The molecule has 1 radical (unpaired) electrons. The third kappa shape index (κ3) is 2.29. The van der Waals surface area contributed by atoms with Crippen LogP contribution in [0.4, 0.5) is 0 Å². The van der Waals surface area contributed by atoms with Crippen LogP contribution in [0, 0.1) is 0 Å². The molecule has 0 spiro atoms. The predicted molar refractivity (Wildman–Crippen MR) is 92.5 cm³/mol. The van der Waals surface area contributed by atoms with Crippen molar-refractivity contribution in [2.24, 2.45) is 0 Å². The molecule has 0 aromatic heterocycles. The van der Waals surface area contributed by atoms with Crippen LogP contribution in [-0.4, -0.2) is 0 Å². The molecule has 1 aliphatic carbocycles. The average Bonchev–Trinajstić information content (AvgIpc) is 3.00. The lowest BCUT2D eigenvalue weighted by atomic mass is 9.93. The molecule has 103 valence electrons. The van der Waals surface area contributed by atoms with Gasteiger partial charge in [-0.05, 0) is 44.9 Å². The number of allylic oxidation sites excluding steroid dienone is 1. The van der Waals surface area contributed by atoms with Crippen molar-refractivity contribution in [1.82, 2.24) is 0 Å². The van der Waals surface area contributed by atoms with E-state index in [4.69, 9.17) is 0 Å². The summed E-state index contributed by atoms with van der Waals surface area (Å²) in [6.45, 7) is 0. The van der Waals surface area contributed by atoms with Gasteiger partial charge in [-0.25, -0.2) is 0 Å². The quantitative estimate of drug-likeness (QED) is 0.672. The summed E-state index contributed by atoms with van der Waals surface area (Å²) in [4.78, 5) is 0. The van der Waals surface area contributed by atoms with Crippen LogP contribution in [0.1, 0.15) is 11.1 Å². The number of rotatable bonds is 2. The molecular weight excluding hydrogens is 264 g/mol. The van der Waals surface area contributed by atoms with Gasteiger partial charge >= 0.3 is 0 Å². The van der Waals surface area contributed by atoms with Crippen LogP contribution in [0.15, 0.2) is 90.5 Å². The second kappa shape index (κ2) is 5.50. The van der Waals surface area contributed by atoms with Gasteiger partial charge in [-0.3, -0.25) is 0 Å². The van der Waals surface area contributed by atoms with E-state index in [0.717, 1.165) is 5.57 Å². The first-order chi connectivity index (χ1) is 10.9. The summed E-state index contributed by atoms with van der Waals surface area (Å²) in [6, 6.07) is 29.5. The van der Waals surface area contributed by atoms with E-state index >= 15 is 0 Å². The Morgan fingerprint density at radius 1 is 0.591 bits per heavy atom. The van der Waals surface area contributed by atoms with Gasteiger partial charge in [0.2, 0.25) is 0 Å². The Labute approximate surface area is 130 Å². The van der Waals surface area contributed by atoms with E-state index in [2.05, 4.69) is 97.1 Å². The molecule has 0 saturated carbocycles. The molecule has 0 amide bonds. The number of hydrogen-bond donors (Lipinski definition) is 0. The Kier molecular flexibility index (Phi) is 3.21. The summed E-state index contributed by atoms with van der Waals surface area (Å²) in [5.74, 6) is 0. The number of benzene rings is 3. The molecule has 4 rings (SSSR count). The minimum Gasteiger partial charge on any atom is -0.0622 e. The molecule has 0 heterocycles. The first-order valence-corrected chi connectivity index (χ1v) is 7.48. The molecule has 0 unspecified atom stereocenters. The SMILES string of the molecule is [C]1=c2ccccc2=CC1=C(c1ccccc1)c1ccccc1. The Bertz CT molecular complexity index is 867. The smallest absolute Gasteiger partial charge is 0.00137 e. The predicted octanol–water partition coefficient (Wildman–Crippen LogP) is 3.64. The zero-order valence-corrected chi connectivity index (χ0v) is 12.2. The average molecular weight is 279 g/mol.